The molecule has 0 saturated carbocycles. The average molecular weight is 343 g/mol. The highest BCUT2D eigenvalue weighted by atomic mass is 16.3. The van der Waals surface area contributed by atoms with Gasteiger partial charge in [-0.2, -0.15) is 0 Å². The summed E-state index contributed by atoms with van der Waals surface area (Å²) in [4.78, 5) is 0. The van der Waals surface area contributed by atoms with Gasteiger partial charge in [-0.15, -0.1) is 0 Å². The van der Waals surface area contributed by atoms with Crippen LogP contribution in [0.15, 0.2) is 30.3 Å². The zero-order valence-corrected chi connectivity index (χ0v) is 16.3. The van der Waals surface area contributed by atoms with Crippen LogP contribution in [-0.4, -0.2) is 45.4 Å². The Morgan fingerprint density at radius 1 is 0.917 bits per heavy atom. The van der Waals surface area contributed by atoms with Crippen molar-refractivity contribution in [2.45, 2.75) is 51.6 Å². The monoisotopic (exact) mass is 342 g/mol. The van der Waals surface area contributed by atoms with Crippen LogP contribution in [0.5, 0.6) is 0 Å². The topological polar surface area (TPSA) is 110 Å². The number of benzene rings is 1. The Kier molecular flexibility index (Phi) is 31.2. The lowest BCUT2D eigenvalue weighted by Crippen LogP contribution is -2.27. The van der Waals surface area contributed by atoms with E-state index < -0.39 is 0 Å². The first kappa shape index (κ1) is 27.8. The van der Waals surface area contributed by atoms with Crippen molar-refractivity contribution in [3.63, 3.8) is 0 Å². The van der Waals surface area contributed by atoms with Gasteiger partial charge < -0.3 is 27.6 Å². The van der Waals surface area contributed by atoms with Crippen molar-refractivity contribution in [1.82, 2.24) is 5.32 Å². The number of rotatable bonds is 10. The summed E-state index contributed by atoms with van der Waals surface area (Å²) < 4.78 is 0. The van der Waals surface area contributed by atoms with Gasteiger partial charge in [0.1, 0.15) is 0 Å². The minimum absolute atomic E-state index is 0.226. The highest BCUT2D eigenvalue weighted by molar-refractivity contribution is 5.14. The van der Waals surface area contributed by atoms with E-state index in [9.17, 15) is 5.11 Å². The molecule has 144 valence electrons. The van der Waals surface area contributed by atoms with Gasteiger partial charge in [0.05, 0.1) is 6.10 Å². The predicted molar refractivity (Wildman–Crippen MR) is 108 cm³/mol. The van der Waals surface area contributed by atoms with Gasteiger partial charge in [0.25, 0.3) is 0 Å². The maximum absolute atomic E-state index is 9.85. The van der Waals surface area contributed by atoms with Gasteiger partial charge in [0.2, 0.25) is 0 Å². The first-order chi connectivity index (χ1) is 11.8. The molecule has 1 unspecified atom stereocenters. The van der Waals surface area contributed by atoms with Crippen molar-refractivity contribution in [2.75, 3.05) is 34.2 Å². The number of unbranched alkanes of at least 4 members (excludes halogenated alkanes) is 3. The van der Waals surface area contributed by atoms with Crippen LogP contribution in [0.2, 0.25) is 0 Å². The number of hydrogen-bond donors (Lipinski definition) is 5. The molecule has 1 atom stereocenters. The fourth-order valence-electron chi connectivity index (χ4n) is 2.03. The molecule has 0 aliphatic heterocycles. The lowest BCUT2D eigenvalue weighted by Gasteiger charge is -2.11. The van der Waals surface area contributed by atoms with Gasteiger partial charge in [-0.3, -0.25) is 0 Å². The first-order valence-corrected chi connectivity index (χ1v) is 8.99. The SMILES string of the molecule is CCCCCCNCC(O)CCc1ccccc1.CN.CN.CN. The third kappa shape index (κ3) is 21.0. The molecule has 0 aromatic heterocycles. The van der Waals surface area contributed by atoms with Crippen molar-refractivity contribution in [3.05, 3.63) is 35.9 Å². The van der Waals surface area contributed by atoms with Gasteiger partial charge in [-0.1, -0.05) is 56.5 Å². The van der Waals surface area contributed by atoms with E-state index in [2.05, 4.69) is 41.6 Å². The van der Waals surface area contributed by atoms with Crippen molar-refractivity contribution < 1.29 is 5.11 Å². The second-order valence-corrected chi connectivity index (χ2v) is 4.94. The van der Waals surface area contributed by atoms with Gasteiger partial charge in [-0.05, 0) is 52.5 Å². The van der Waals surface area contributed by atoms with E-state index in [-0.39, 0.29) is 6.10 Å². The quantitative estimate of drug-likeness (QED) is 0.417. The molecule has 0 aliphatic rings. The van der Waals surface area contributed by atoms with Gasteiger partial charge in [0, 0.05) is 6.54 Å². The van der Waals surface area contributed by atoms with Crippen molar-refractivity contribution in [1.29, 1.82) is 0 Å². The molecule has 8 N–H and O–H groups in total. The van der Waals surface area contributed by atoms with Crippen LogP contribution >= 0.6 is 0 Å². The normalized spacial score (nSPS) is 10.2. The molecule has 1 rings (SSSR count). The summed E-state index contributed by atoms with van der Waals surface area (Å²) in [6.45, 7) is 3.97. The molecular weight excluding hydrogens is 300 g/mol. The van der Waals surface area contributed by atoms with Crippen LogP contribution in [0.1, 0.15) is 44.6 Å². The number of aryl methyl sites for hydroxylation is 1. The average Bonchev–Trinajstić information content (AvgIpc) is 2.68. The minimum atomic E-state index is -0.226. The summed E-state index contributed by atoms with van der Waals surface area (Å²) in [5.74, 6) is 0. The Morgan fingerprint density at radius 2 is 1.50 bits per heavy atom. The zero-order valence-electron chi connectivity index (χ0n) is 16.3. The van der Waals surface area contributed by atoms with Crippen LogP contribution < -0.4 is 22.5 Å². The standard InChI is InChI=1S/C16H27NO.3CH5N/c1-2-3-4-8-13-17-14-16(18)12-11-15-9-6-5-7-10-15;3*1-2/h5-7,9-10,16-18H,2-4,8,11-14H2,1H3;3*2H2,1H3. The summed E-state index contributed by atoms with van der Waals surface area (Å²) in [6.07, 6.45) is 6.68. The lowest BCUT2D eigenvalue weighted by molar-refractivity contribution is 0.162. The first-order valence-electron chi connectivity index (χ1n) is 8.99. The summed E-state index contributed by atoms with van der Waals surface area (Å²) >= 11 is 0. The van der Waals surface area contributed by atoms with Crippen LogP contribution in [0.4, 0.5) is 0 Å². The molecule has 5 nitrogen and oxygen atoms in total. The van der Waals surface area contributed by atoms with Crippen LogP contribution in [0.3, 0.4) is 0 Å². The van der Waals surface area contributed by atoms with E-state index in [1.54, 1.807) is 0 Å². The highest BCUT2D eigenvalue weighted by Gasteiger charge is 2.03. The van der Waals surface area contributed by atoms with E-state index in [1.165, 1.54) is 52.4 Å². The predicted octanol–water partition coefficient (Wildman–Crippen LogP) is 1.87. The van der Waals surface area contributed by atoms with Crippen LogP contribution in [-0.2, 0) is 6.42 Å². The Labute approximate surface area is 150 Å². The van der Waals surface area contributed by atoms with Gasteiger partial charge >= 0.3 is 0 Å². The summed E-state index contributed by atoms with van der Waals surface area (Å²) in [5, 5.41) is 13.2. The molecule has 0 aliphatic carbocycles. The number of aliphatic hydroxyl groups excluding tert-OH is 1. The van der Waals surface area contributed by atoms with Crippen molar-refractivity contribution in [2.24, 2.45) is 17.2 Å². The molecule has 1 aromatic carbocycles. The van der Waals surface area contributed by atoms with Gasteiger partial charge in [-0.25, -0.2) is 0 Å². The van der Waals surface area contributed by atoms with Gasteiger partial charge in [0.15, 0.2) is 0 Å². The lowest BCUT2D eigenvalue weighted by atomic mass is 10.1. The van der Waals surface area contributed by atoms with E-state index in [1.807, 2.05) is 18.2 Å². The van der Waals surface area contributed by atoms with E-state index in [0.717, 1.165) is 25.9 Å². The van der Waals surface area contributed by atoms with Crippen LogP contribution in [0, 0.1) is 0 Å². The fourth-order valence-corrected chi connectivity index (χ4v) is 2.03. The maximum Gasteiger partial charge on any atom is 0.0667 e. The maximum atomic E-state index is 9.85. The molecule has 1 aromatic rings. The second-order valence-electron chi connectivity index (χ2n) is 4.94. The van der Waals surface area contributed by atoms with E-state index in [4.69, 9.17) is 0 Å². The molecule has 0 radical (unpaired) electrons. The molecule has 0 spiro atoms. The smallest absolute Gasteiger partial charge is 0.0667 e. The number of nitrogens with one attached hydrogen (secondary N) is 1. The Bertz CT molecular complexity index is 297. The number of hydrogen-bond acceptors (Lipinski definition) is 5. The molecule has 24 heavy (non-hydrogen) atoms. The number of nitrogens with two attached hydrogens (primary N) is 3. The summed E-state index contributed by atoms with van der Waals surface area (Å²) in [6, 6.07) is 10.4. The Balaban J connectivity index is -0.000000659. The Hall–Kier alpha value is -0.980. The molecule has 5 heteroatoms. The Morgan fingerprint density at radius 3 is 2.04 bits per heavy atom. The molecule has 0 saturated heterocycles. The minimum Gasteiger partial charge on any atom is -0.392 e. The van der Waals surface area contributed by atoms with Crippen molar-refractivity contribution >= 4 is 0 Å². The summed E-state index contributed by atoms with van der Waals surface area (Å²) in [7, 11) is 4.50. The third-order valence-electron chi connectivity index (χ3n) is 3.20. The number of aliphatic hydroxyl groups is 1. The molecule has 0 amide bonds. The van der Waals surface area contributed by atoms with E-state index in [0.29, 0.717) is 0 Å². The summed E-state index contributed by atoms with van der Waals surface area (Å²) in [5.41, 5.74) is 14.8. The van der Waals surface area contributed by atoms with E-state index >= 15 is 0 Å². The third-order valence-corrected chi connectivity index (χ3v) is 3.20. The molecular formula is C19H42N4O. The van der Waals surface area contributed by atoms with Crippen LogP contribution in [0.25, 0.3) is 0 Å². The highest BCUT2D eigenvalue weighted by Crippen LogP contribution is 2.04. The zero-order chi connectivity index (χ0) is 19.1. The van der Waals surface area contributed by atoms with Crippen molar-refractivity contribution in [3.8, 4) is 0 Å². The second kappa shape index (κ2) is 26.9. The fraction of sp³-hybridized carbons (Fsp3) is 0.684. The largest absolute Gasteiger partial charge is 0.392 e. The molecule has 0 bridgehead atoms. The molecule has 0 fully saturated rings. The molecule has 0 heterocycles.